The van der Waals surface area contributed by atoms with Crippen molar-refractivity contribution in [1.29, 1.82) is 0 Å². The quantitative estimate of drug-likeness (QED) is 0.786. The highest BCUT2D eigenvalue weighted by Crippen LogP contribution is 2.34. The molecule has 0 aromatic rings. The molecule has 0 aromatic carbocycles. The van der Waals surface area contributed by atoms with Gasteiger partial charge in [-0.3, -0.25) is 0 Å². The molecule has 0 radical (unpaired) electrons. The Balaban J connectivity index is 1.52. The normalized spacial score (nSPS) is 35.1. The van der Waals surface area contributed by atoms with Crippen LogP contribution in [-0.4, -0.2) is 12.1 Å². The van der Waals surface area contributed by atoms with Crippen LogP contribution in [0, 0.1) is 5.92 Å². The minimum atomic E-state index is 0.842. The van der Waals surface area contributed by atoms with Crippen molar-refractivity contribution in [3.63, 3.8) is 0 Å². The summed E-state index contributed by atoms with van der Waals surface area (Å²) in [6.45, 7) is 2.22. The van der Waals surface area contributed by atoms with Gasteiger partial charge in [0.25, 0.3) is 0 Å². The maximum atomic E-state index is 3.74. The highest BCUT2D eigenvalue weighted by molar-refractivity contribution is 5.30. The molecule has 1 aliphatic carbocycles. The molecule has 0 saturated carbocycles. The second-order valence-corrected chi connectivity index (χ2v) is 6.38. The number of piperidine rings is 1. The van der Waals surface area contributed by atoms with E-state index in [9.17, 15) is 0 Å². The van der Waals surface area contributed by atoms with Crippen LogP contribution in [0.15, 0.2) is 35.5 Å². The number of hydrogen-bond donors (Lipinski definition) is 1. The van der Waals surface area contributed by atoms with Gasteiger partial charge in [0, 0.05) is 12.1 Å². The molecule has 1 N–H and O–H groups in total. The molecule has 0 aromatic heterocycles. The Kier molecular flexibility index (Phi) is 3.69. The third-order valence-corrected chi connectivity index (χ3v) is 4.77. The Morgan fingerprint density at radius 2 is 1.94 bits per heavy atom. The van der Waals surface area contributed by atoms with Gasteiger partial charge < -0.3 is 5.32 Å². The largest absolute Gasteiger partial charge is 0.311 e. The lowest BCUT2D eigenvalue weighted by molar-refractivity contribution is 0.286. The van der Waals surface area contributed by atoms with E-state index in [0.29, 0.717) is 0 Å². The van der Waals surface area contributed by atoms with Crippen molar-refractivity contribution in [1.82, 2.24) is 5.32 Å². The standard InChI is InChI=1S/C17H25N/c1-13-3-2-4-14(6-5-13)7-8-15-11-16-9-10-17(12-15)18-16/h2,4-6,15-18H,3,7-12H2,1H3. The van der Waals surface area contributed by atoms with Crippen LogP contribution in [-0.2, 0) is 0 Å². The number of fused-ring (bicyclic) bond motifs is 2. The Morgan fingerprint density at radius 1 is 1.17 bits per heavy atom. The van der Waals surface area contributed by atoms with Crippen LogP contribution >= 0.6 is 0 Å². The topological polar surface area (TPSA) is 12.0 Å². The monoisotopic (exact) mass is 243 g/mol. The molecule has 2 fully saturated rings. The fraction of sp³-hybridized carbons (Fsp3) is 0.647. The molecule has 0 spiro atoms. The fourth-order valence-corrected chi connectivity index (χ4v) is 3.72. The highest BCUT2D eigenvalue weighted by atomic mass is 15.0. The van der Waals surface area contributed by atoms with Crippen LogP contribution in [0.4, 0.5) is 0 Å². The zero-order valence-corrected chi connectivity index (χ0v) is 11.5. The van der Waals surface area contributed by atoms with Crippen LogP contribution in [0.1, 0.15) is 51.9 Å². The number of hydrogen-bond acceptors (Lipinski definition) is 1. The molecule has 0 amide bonds. The minimum absolute atomic E-state index is 0.842. The summed E-state index contributed by atoms with van der Waals surface area (Å²) in [6.07, 6.45) is 18.7. The Bertz CT molecular complexity index is 376. The van der Waals surface area contributed by atoms with Gasteiger partial charge in [0.2, 0.25) is 0 Å². The highest BCUT2D eigenvalue weighted by Gasteiger charge is 2.32. The molecule has 2 aliphatic heterocycles. The van der Waals surface area contributed by atoms with E-state index >= 15 is 0 Å². The molecular formula is C17H25N. The molecule has 2 saturated heterocycles. The zero-order chi connectivity index (χ0) is 12.4. The summed E-state index contributed by atoms with van der Waals surface area (Å²) in [5.41, 5.74) is 3.00. The fourth-order valence-electron chi connectivity index (χ4n) is 3.72. The van der Waals surface area contributed by atoms with Gasteiger partial charge in [0.15, 0.2) is 0 Å². The predicted molar refractivity (Wildman–Crippen MR) is 77.5 cm³/mol. The average Bonchev–Trinajstić information content (AvgIpc) is 2.59. The minimum Gasteiger partial charge on any atom is -0.311 e. The first-order chi connectivity index (χ1) is 8.79. The van der Waals surface area contributed by atoms with Crippen molar-refractivity contribution >= 4 is 0 Å². The zero-order valence-electron chi connectivity index (χ0n) is 11.5. The van der Waals surface area contributed by atoms with Gasteiger partial charge in [-0.2, -0.15) is 0 Å². The summed E-state index contributed by atoms with van der Waals surface area (Å²) in [6, 6.07) is 1.68. The predicted octanol–water partition coefficient (Wildman–Crippen LogP) is 4.13. The molecule has 2 heterocycles. The first-order valence-electron chi connectivity index (χ1n) is 7.58. The van der Waals surface area contributed by atoms with Gasteiger partial charge in [-0.05, 0) is 63.4 Å². The molecule has 2 bridgehead atoms. The Hall–Kier alpha value is -0.820. The van der Waals surface area contributed by atoms with Crippen molar-refractivity contribution in [2.75, 3.05) is 0 Å². The van der Waals surface area contributed by atoms with Crippen molar-refractivity contribution < 1.29 is 0 Å². The third-order valence-electron chi connectivity index (χ3n) is 4.77. The lowest BCUT2D eigenvalue weighted by Crippen LogP contribution is -2.37. The van der Waals surface area contributed by atoms with Crippen LogP contribution < -0.4 is 5.32 Å². The van der Waals surface area contributed by atoms with Crippen LogP contribution in [0.2, 0.25) is 0 Å². The third kappa shape index (κ3) is 2.95. The van der Waals surface area contributed by atoms with E-state index in [1.54, 1.807) is 0 Å². The second kappa shape index (κ2) is 5.44. The first kappa shape index (κ1) is 12.2. The van der Waals surface area contributed by atoms with Crippen molar-refractivity contribution in [3.05, 3.63) is 35.5 Å². The van der Waals surface area contributed by atoms with Crippen molar-refractivity contribution in [3.8, 4) is 0 Å². The summed E-state index contributed by atoms with van der Waals surface area (Å²) in [4.78, 5) is 0. The smallest absolute Gasteiger partial charge is 0.00728 e. The van der Waals surface area contributed by atoms with Gasteiger partial charge in [-0.25, -0.2) is 0 Å². The van der Waals surface area contributed by atoms with Crippen molar-refractivity contribution in [2.45, 2.75) is 64.0 Å². The number of nitrogens with one attached hydrogen (secondary N) is 1. The summed E-state index contributed by atoms with van der Waals surface area (Å²) >= 11 is 0. The van der Waals surface area contributed by atoms with Gasteiger partial charge in [-0.15, -0.1) is 0 Å². The number of rotatable bonds is 3. The summed E-state index contributed by atoms with van der Waals surface area (Å²) in [7, 11) is 0. The molecule has 2 unspecified atom stereocenters. The molecule has 98 valence electrons. The number of allylic oxidation sites excluding steroid dienone is 6. The lowest BCUT2D eigenvalue weighted by Gasteiger charge is -2.29. The van der Waals surface area contributed by atoms with Crippen molar-refractivity contribution in [2.24, 2.45) is 5.92 Å². The maximum absolute atomic E-state index is 3.74. The summed E-state index contributed by atoms with van der Waals surface area (Å²) in [5, 5.41) is 3.74. The molecular weight excluding hydrogens is 218 g/mol. The van der Waals surface area contributed by atoms with E-state index < -0.39 is 0 Å². The maximum Gasteiger partial charge on any atom is 0.00728 e. The van der Waals surface area contributed by atoms with E-state index in [1.165, 1.54) is 49.7 Å². The average molecular weight is 243 g/mol. The first-order valence-corrected chi connectivity index (χ1v) is 7.58. The summed E-state index contributed by atoms with van der Waals surface area (Å²) < 4.78 is 0. The SMILES string of the molecule is CC1=CC=C(CCC2CC3CCC(C2)N3)C=CC1. The summed E-state index contributed by atoms with van der Waals surface area (Å²) in [5.74, 6) is 0.964. The molecule has 18 heavy (non-hydrogen) atoms. The van der Waals surface area contributed by atoms with E-state index in [-0.39, 0.29) is 0 Å². The lowest BCUT2D eigenvalue weighted by atomic mass is 9.87. The molecule has 3 aliphatic rings. The Labute approximate surface area is 111 Å². The Morgan fingerprint density at radius 3 is 2.72 bits per heavy atom. The van der Waals surface area contributed by atoms with Crippen LogP contribution in [0.3, 0.4) is 0 Å². The molecule has 3 rings (SSSR count). The molecule has 1 heteroatoms. The van der Waals surface area contributed by atoms with Crippen LogP contribution in [0.5, 0.6) is 0 Å². The van der Waals surface area contributed by atoms with Gasteiger partial charge >= 0.3 is 0 Å². The van der Waals surface area contributed by atoms with E-state index in [1.807, 2.05) is 0 Å². The van der Waals surface area contributed by atoms with Gasteiger partial charge in [0.05, 0.1) is 0 Å². The van der Waals surface area contributed by atoms with E-state index in [0.717, 1.165) is 24.4 Å². The second-order valence-electron chi connectivity index (χ2n) is 6.38. The molecule has 2 atom stereocenters. The van der Waals surface area contributed by atoms with E-state index in [4.69, 9.17) is 0 Å². The molecule has 1 nitrogen and oxygen atoms in total. The van der Waals surface area contributed by atoms with E-state index in [2.05, 4.69) is 36.5 Å². The van der Waals surface area contributed by atoms with Gasteiger partial charge in [-0.1, -0.05) is 29.9 Å². The van der Waals surface area contributed by atoms with Crippen LogP contribution in [0.25, 0.3) is 0 Å². The van der Waals surface area contributed by atoms with Gasteiger partial charge in [0.1, 0.15) is 0 Å².